The van der Waals surface area contributed by atoms with Crippen molar-refractivity contribution in [2.24, 2.45) is 16.0 Å². The molecule has 21 heavy (non-hydrogen) atoms. The normalized spacial score (nSPS) is 20.0. The van der Waals surface area contributed by atoms with E-state index in [1.165, 1.54) is 16.8 Å². The molecule has 0 unspecified atom stereocenters. The Balaban J connectivity index is 1.98. The molecule has 106 valence electrons. The number of pyridine rings is 1. The molecule has 7 heteroatoms. The number of aliphatic imine (C=N–C) groups is 1. The van der Waals surface area contributed by atoms with Crippen molar-refractivity contribution in [3.8, 4) is 0 Å². The Kier molecular flexibility index (Phi) is 3.42. The molecule has 3 heterocycles. The third-order valence-electron chi connectivity index (χ3n) is 2.98. The van der Waals surface area contributed by atoms with E-state index < -0.39 is 5.91 Å². The molecule has 2 aliphatic heterocycles. The summed E-state index contributed by atoms with van der Waals surface area (Å²) in [6.07, 6.45) is 4.91. The van der Waals surface area contributed by atoms with Crippen LogP contribution in [0.2, 0.25) is 0 Å². The van der Waals surface area contributed by atoms with Gasteiger partial charge in [-0.15, -0.1) is 0 Å². The van der Waals surface area contributed by atoms with Crippen molar-refractivity contribution in [1.82, 2.24) is 9.99 Å². The van der Waals surface area contributed by atoms with Crippen LogP contribution in [0.4, 0.5) is 0 Å². The minimum atomic E-state index is -0.407. The second-order valence-electron chi connectivity index (χ2n) is 4.89. The minimum absolute atomic E-state index is 0.0602. The predicted octanol–water partition coefficient (Wildman–Crippen LogP) is 2.36. The van der Waals surface area contributed by atoms with E-state index in [1.54, 1.807) is 30.6 Å². The number of amidine groups is 2. The fourth-order valence-electron chi connectivity index (χ4n) is 1.87. The number of nitrogens with zero attached hydrogens (tertiary/aromatic N) is 4. The van der Waals surface area contributed by atoms with Gasteiger partial charge in [0.15, 0.2) is 5.84 Å². The number of carbonyl (C=O) groups excluding carboxylic acids is 1. The Morgan fingerprint density at radius 3 is 2.71 bits per heavy atom. The highest BCUT2D eigenvalue weighted by Crippen LogP contribution is 2.30. The summed E-state index contributed by atoms with van der Waals surface area (Å²) in [6, 6.07) is 3.54. The van der Waals surface area contributed by atoms with E-state index in [-0.39, 0.29) is 17.3 Å². The molecule has 0 spiro atoms. The first-order chi connectivity index (χ1) is 10.1. The molecule has 3 rings (SSSR count). The number of carbonyl (C=O) groups is 1. The Morgan fingerprint density at radius 1 is 1.33 bits per heavy atom. The van der Waals surface area contributed by atoms with Crippen molar-refractivity contribution in [1.29, 1.82) is 5.41 Å². The van der Waals surface area contributed by atoms with Gasteiger partial charge in [-0.1, -0.05) is 13.8 Å². The van der Waals surface area contributed by atoms with Gasteiger partial charge in [-0.2, -0.15) is 15.1 Å². The third kappa shape index (κ3) is 2.52. The van der Waals surface area contributed by atoms with E-state index in [2.05, 4.69) is 15.1 Å². The highest BCUT2D eigenvalue weighted by Gasteiger charge is 2.36. The molecule has 0 saturated carbocycles. The van der Waals surface area contributed by atoms with Crippen LogP contribution in [0, 0.1) is 11.3 Å². The predicted molar refractivity (Wildman–Crippen MR) is 84.1 cm³/mol. The highest BCUT2D eigenvalue weighted by molar-refractivity contribution is 8.27. The van der Waals surface area contributed by atoms with Gasteiger partial charge in [-0.25, -0.2) is 0 Å². The molecule has 1 aromatic heterocycles. The highest BCUT2D eigenvalue weighted by atomic mass is 32.2. The zero-order chi connectivity index (χ0) is 15.0. The maximum atomic E-state index is 12.1. The lowest BCUT2D eigenvalue weighted by molar-refractivity contribution is -0.114. The summed E-state index contributed by atoms with van der Waals surface area (Å²) >= 11 is 1.35. The van der Waals surface area contributed by atoms with Gasteiger partial charge >= 0.3 is 0 Å². The molecule has 0 bridgehead atoms. The largest absolute Gasteiger partial charge is 0.283 e. The van der Waals surface area contributed by atoms with Crippen molar-refractivity contribution in [3.63, 3.8) is 0 Å². The molecule has 0 atom stereocenters. The molecule has 6 nitrogen and oxygen atoms in total. The van der Waals surface area contributed by atoms with Crippen LogP contribution >= 0.6 is 11.8 Å². The van der Waals surface area contributed by atoms with Crippen LogP contribution in [-0.2, 0) is 4.79 Å². The number of aromatic nitrogens is 1. The van der Waals surface area contributed by atoms with E-state index in [4.69, 9.17) is 5.41 Å². The van der Waals surface area contributed by atoms with E-state index in [9.17, 15) is 4.79 Å². The topological polar surface area (TPSA) is 81.8 Å². The van der Waals surface area contributed by atoms with Crippen LogP contribution in [0.3, 0.4) is 0 Å². The van der Waals surface area contributed by atoms with Crippen molar-refractivity contribution < 1.29 is 4.79 Å². The van der Waals surface area contributed by atoms with Crippen LogP contribution < -0.4 is 0 Å². The van der Waals surface area contributed by atoms with Gasteiger partial charge in [-0.3, -0.25) is 15.2 Å². The minimum Gasteiger partial charge on any atom is -0.282 e. The summed E-state index contributed by atoms with van der Waals surface area (Å²) in [5, 5.41) is 15.3. The molecular formula is C14H13N5OS. The Labute approximate surface area is 126 Å². The van der Waals surface area contributed by atoms with Gasteiger partial charge in [0.1, 0.15) is 5.04 Å². The molecule has 0 fully saturated rings. The number of fused-ring (bicyclic) bond motifs is 1. The molecule has 2 aliphatic rings. The average Bonchev–Trinajstić information content (AvgIpc) is 2.89. The van der Waals surface area contributed by atoms with Crippen LogP contribution in [0.25, 0.3) is 6.08 Å². The fraction of sp³-hybridized carbons (Fsp3) is 0.214. The summed E-state index contributed by atoms with van der Waals surface area (Å²) in [4.78, 5) is 20.1. The first-order valence-corrected chi connectivity index (χ1v) is 7.28. The number of hydrogen-bond donors (Lipinski definition) is 1. The van der Waals surface area contributed by atoms with Crippen LogP contribution in [0.5, 0.6) is 0 Å². The second-order valence-corrected chi connectivity index (χ2v) is 5.88. The smallest absolute Gasteiger partial charge is 0.282 e. The summed E-state index contributed by atoms with van der Waals surface area (Å²) in [7, 11) is 0. The number of nitrogens with one attached hydrogen (secondary N) is 1. The molecule has 0 saturated heterocycles. The van der Waals surface area contributed by atoms with Gasteiger partial charge in [0.05, 0.1) is 5.57 Å². The standard InChI is InChI=1S/C14H13N5OS/c1-8(2)13-18-19-11(15)10(12(20)17-14(19)21-13)7-9-3-5-16-6-4-9/h3-8,15H,1-2H3/b10-7-,15-11?. The van der Waals surface area contributed by atoms with Gasteiger partial charge in [0.2, 0.25) is 5.17 Å². The summed E-state index contributed by atoms with van der Waals surface area (Å²) in [6.45, 7) is 4.04. The SMILES string of the molecule is CC(C)C1=NN2C(=N)/C(=C/c3ccncc3)C(=O)N=C2S1. The second kappa shape index (κ2) is 5.25. The molecule has 1 N–H and O–H groups in total. The first kappa shape index (κ1) is 13.7. The molecular weight excluding hydrogens is 286 g/mol. The number of hydrazone groups is 1. The quantitative estimate of drug-likeness (QED) is 0.850. The molecule has 0 aliphatic carbocycles. The van der Waals surface area contributed by atoms with Crippen molar-refractivity contribution >= 4 is 39.8 Å². The molecule has 0 aromatic carbocycles. The fourth-order valence-corrected chi connectivity index (χ4v) is 2.76. The lowest BCUT2D eigenvalue weighted by Gasteiger charge is -2.20. The van der Waals surface area contributed by atoms with E-state index in [1.807, 2.05) is 13.8 Å². The van der Waals surface area contributed by atoms with Gasteiger partial charge in [0, 0.05) is 18.3 Å². The number of rotatable bonds is 2. The maximum Gasteiger partial charge on any atom is 0.283 e. The Bertz CT molecular complexity index is 705. The molecule has 0 radical (unpaired) electrons. The lowest BCUT2D eigenvalue weighted by atomic mass is 10.1. The number of thioether (sulfide) groups is 1. The average molecular weight is 299 g/mol. The monoisotopic (exact) mass is 299 g/mol. The van der Waals surface area contributed by atoms with Crippen LogP contribution in [-0.4, -0.2) is 31.9 Å². The van der Waals surface area contributed by atoms with Crippen molar-refractivity contribution in [3.05, 3.63) is 35.7 Å². The molecule has 1 amide bonds. The van der Waals surface area contributed by atoms with E-state index in [0.29, 0.717) is 5.17 Å². The number of hydrogen-bond acceptors (Lipinski definition) is 5. The van der Waals surface area contributed by atoms with Crippen molar-refractivity contribution in [2.45, 2.75) is 13.8 Å². The summed E-state index contributed by atoms with van der Waals surface area (Å²) < 4.78 is 0. The maximum absolute atomic E-state index is 12.1. The Morgan fingerprint density at radius 2 is 2.05 bits per heavy atom. The van der Waals surface area contributed by atoms with Crippen molar-refractivity contribution in [2.75, 3.05) is 0 Å². The summed E-state index contributed by atoms with van der Waals surface area (Å²) in [5.41, 5.74) is 1.04. The Hall–Kier alpha value is -2.28. The van der Waals surface area contributed by atoms with E-state index >= 15 is 0 Å². The first-order valence-electron chi connectivity index (χ1n) is 6.46. The zero-order valence-electron chi connectivity index (χ0n) is 11.6. The lowest BCUT2D eigenvalue weighted by Crippen LogP contribution is -2.35. The number of amides is 1. The summed E-state index contributed by atoms with van der Waals surface area (Å²) in [5.74, 6) is -0.112. The van der Waals surface area contributed by atoms with E-state index in [0.717, 1.165) is 10.6 Å². The zero-order valence-corrected chi connectivity index (χ0v) is 12.4. The third-order valence-corrected chi connectivity index (χ3v) is 4.19. The molecule has 1 aromatic rings. The van der Waals surface area contributed by atoms with Gasteiger partial charge < -0.3 is 0 Å². The van der Waals surface area contributed by atoms with Crippen LogP contribution in [0.15, 0.2) is 40.2 Å². The van der Waals surface area contributed by atoms with Gasteiger partial charge in [-0.05, 0) is 35.5 Å². The van der Waals surface area contributed by atoms with Gasteiger partial charge in [0.25, 0.3) is 5.91 Å². The van der Waals surface area contributed by atoms with Crippen LogP contribution in [0.1, 0.15) is 19.4 Å².